The SMILES string of the molecule is O=C(O)[C@H](Cc1ccccc1Cl)S[C@H]1CC(=O)N(c2ccc(Cl)cc2)C1=O. The Balaban J connectivity index is 1.76. The summed E-state index contributed by atoms with van der Waals surface area (Å²) in [6, 6.07) is 13.3. The average molecular weight is 424 g/mol. The van der Waals surface area contributed by atoms with E-state index in [0.717, 1.165) is 16.7 Å². The van der Waals surface area contributed by atoms with Gasteiger partial charge in [-0.05, 0) is 42.3 Å². The van der Waals surface area contributed by atoms with Crippen molar-refractivity contribution in [2.75, 3.05) is 4.90 Å². The fraction of sp³-hybridized carbons (Fsp3) is 0.211. The van der Waals surface area contributed by atoms with Crippen molar-refractivity contribution in [1.29, 1.82) is 0 Å². The smallest absolute Gasteiger partial charge is 0.316 e. The highest BCUT2D eigenvalue weighted by atomic mass is 35.5. The van der Waals surface area contributed by atoms with E-state index in [1.807, 2.05) is 0 Å². The van der Waals surface area contributed by atoms with E-state index < -0.39 is 22.4 Å². The first-order valence-electron chi connectivity index (χ1n) is 8.11. The third-order valence-electron chi connectivity index (χ3n) is 4.16. The van der Waals surface area contributed by atoms with E-state index in [2.05, 4.69) is 0 Å². The van der Waals surface area contributed by atoms with Crippen LogP contribution in [0.15, 0.2) is 48.5 Å². The second-order valence-electron chi connectivity index (χ2n) is 6.00. The second kappa shape index (κ2) is 8.33. The van der Waals surface area contributed by atoms with Gasteiger partial charge in [0.2, 0.25) is 11.8 Å². The molecule has 0 spiro atoms. The van der Waals surface area contributed by atoms with Gasteiger partial charge in [0.1, 0.15) is 5.25 Å². The van der Waals surface area contributed by atoms with Crippen LogP contribution in [0.1, 0.15) is 12.0 Å². The Bertz CT molecular complexity index is 888. The molecular weight excluding hydrogens is 409 g/mol. The van der Waals surface area contributed by atoms with E-state index in [4.69, 9.17) is 23.2 Å². The number of carboxylic acid groups (broad SMARTS) is 1. The number of rotatable bonds is 6. The monoisotopic (exact) mass is 423 g/mol. The molecule has 2 aromatic carbocycles. The highest BCUT2D eigenvalue weighted by molar-refractivity contribution is 8.02. The molecule has 140 valence electrons. The van der Waals surface area contributed by atoms with Gasteiger partial charge < -0.3 is 5.11 Å². The normalized spacial score (nSPS) is 18.0. The van der Waals surface area contributed by atoms with Crippen LogP contribution in [-0.2, 0) is 20.8 Å². The summed E-state index contributed by atoms with van der Waals surface area (Å²) in [5.41, 5.74) is 1.11. The summed E-state index contributed by atoms with van der Waals surface area (Å²) in [4.78, 5) is 37.8. The van der Waals surface area contributed by atoms with Crippen LogP contribution in [-0.4, -0.2) is 33.4 Å². The van der Waals surface area contributed by atoms with Crippen molar-refractivity contribution in [3.8, 4) is 0 Å². The minimum Gasteiger partial charge on any atom is -0.480 e. The number of carbonyl (C=O) groups is 3. The van der Waals surface area contributed by atoms with E-state index in [1.54, 1.807) is 48.5 Å². The van der Waals surface area contributed by atoms with Crippen molar-refractivity contribution in [3.05, 3.63) is 64.1 Å². The van der Waals surface area contributed by atoms with E-state index >= 15 is 0 Å². The summed E-state index contributed by atoms with van der Waals surface area (Å²) in [5.74, 6) is -1.83. The maximum Gasteiger partial charge on any atom is 0.316 e. The third-order valence-corrected chi connectivity index (χ3v) is 6.17. The Morgan fingerprint density at radius 3 is 2.44 bits per heavy atom. The topological polar surface area (TPSA) is 74.7 Å². The molecule has 5 nitrogen and oxygen atoms in total. The lowest BCUT2D eigenvalue weighted by Crippen LogP contribution is -2.32. The summed E-state index contributed by atoms with van der Waals surface area (Å²) in [7, 11) is 0. The van der Waals surface area contributed by atoms with Crippen LogP contribution in [0.3, 0.4) is 0 Å². The molecule has 1 aliphatic rings. The molecule has 0 radical (unpaired) electrons. The fourth-order valence-electron chi connectivity index (χ4n) is 2.83. The molecule has 2 atom stereocenters. The molecule has 3 rings (SSSR count). The number of halogens is 2. The zero-order valence-corrected chi connectivity index (χ0v) is 16.3. The Morgan fingerprint density at radius 2 is 1.81 bits per heavy atom. The molecule has 1 fully saturated rings. The predicted molar refractivity (Wildman–Crippen MR) is 107 cm³/mol. The van der Waals surface area contributed by atoms with Crippen LogP contribution >= 0.6 is 35.0 Å². The number of nitrogens with zero attached hydrogens (tertiary/aromatic N) is 1. The molecule has 1 N–H and O–H groups in total. The number of carboxylic acids is 1. The third kappa shape index (κ3) is 4.46. The first-order chi connectivity index (χ1) is 12.9. The lowest BCUT2D eigenvalue weighted by molar-refractivity contribution is -0.136. The lowest BCUT2D eigenvalue weighted by atomic mass is 10.1. The minimum atomic E-state index is -1.05. The van der Waals surface area contributed by atoms with Crippen LogP contribution < -0.4 is 4.90 Å². The lowest BCUT2D eigenvalue weighted by Gasteiger charge is -2.18. The van der Waals surface area contributed by atoms with Crippen molar-refractivity contribution in [3.63, 3.8) is 0 Å². The molecule has 27 heavy (non-hydrogen) atoms. The molecule has 8 heteroatoms. The summed E-state index contributed by atoms with van der Waals surface area (Å²) < 4.78 is 0. The van der Waals surface area contributed by atoms with Gasteiger partial charge in [-0.1, -0.05) is 41.4 Å². The van der Waals surface area contributed by atoms with Gasteiger partial charge in [-0.2, -0.15) is 0 Å². The number of carbonyl (C=O) groups excluding carboxylic acids is 2. The largest absolute Gasteiger partial charge is 0.480 e. The molecule has 2 amide bonds. The Labute approximate surface area is 170 Å². The quantitative estimate of drug-likeness (QED) is 0.709. The van der Waals surface area contributed by atoms with E-state index in [0.29, 0.717) is 21.3 Å². The first-order valence-corrected chi connectivity index (χ1v) is 9.80. The number of imide groups is 1. The molecule has 2 aromatic rings. The molecule has 1 aliphatic heterocycles. The Kier molecular flexibility index (Phi) is 6.09. The summed E-state index contributed by atoms with van der Waals surface area (Å²) >= 11 is 12.9. The second-order valence-corrected chi connectivity index (χ2v) is 8.25. The summed E-state index contributed by atoms with van der Waals surface area (Å²) in [6.45, 7) is 0. The molecule has 1 saturated heterocycles. The number of benzene rings is 2. The van der Waals surface area contributed by atoms with Crippen molar-refractivity contribution < 1.29 is 19.5 Å². The predicted octanol–water partition coefficient (Wildman–Crippen LogP) is 4.05. The van der Waals surface area contributed by atoms with Crippen LogP contribution in [0, 0.1) is 0 Å². The summed E-state index contributed by atoms with van der Waals surface area (Å²) in [6.07, 6.45) is 0.122. The van der Waals surface area contributed by atoms with Crippen LogP contribution in [0.25, 0.3) is 0 Å². The number of thioether (sulfide) groups is 1. The van der Waals surface area contributed by atoms with E-state index in [9.17, 15) is 19.5 Å². The number of hydrogen-bond donors (Lipinski definition) is 1. The van der Waals surface area contributed by atoms with Gasteiger partial charge in [-0.15, -0.1) is 11.8 Å². The first kappa shape index (κ1) is 19.7. The molecule has 0 aromatic heterocycles. The minimum absolute atomic E-state index is 0.0432. The maximum atomic E-state index is 12.7. The van der Waals surface area contributed by atoms with Gasteiger partial charge in [-0.3, -0.25) is 14.4 Å². The number of amides is 2. The Morgan fingerprint density at radius 1 is 1.15 bits per heavy atom. The van der Waals surface area contributed by atoms with Gasteiger partial charge in [0.25, 0.3) is 0 Å². The highest BCUT2D eigenvalue weighted by Gasteiger charge is 2.42. The van der Waals surface area contributed by atoms with Crippen molar-refractivity contribution in [2.45, 2.75) is 23.3 Å². The van der Waals surface area contributed by atoms with Crippen LogP contribution in [0.5, 0.6) is 0 Å². The molecule has 0 bridgehead atoms. The zero-order valence-electron chi connectivity index (χ0n) is 14.0. The number of aliphatic carboxylic acids is 1. The van der Waals surface area contributed by atoms with Crippen LogP contribution in [0.4, 0.5) is 5.69 Å². The molecule has 0 saturated carbocycles. The van der Waals surface area contributed by atoms with E-state index in [1.165, 1.54) is 0 Å². The molecule has 0 unspecified atom stereocenters. The van der Waals surface area contributed by atoms with Gasteiger partial charge in [-0.25, -0.2) is 4.90 Å². The van der Waals surface area contributed by atoms with Gasteiger partial charge >= 0.3 is 5.97 Å². The van der Waals surface area contributed by atoms with E-state index in [-0.39, 0.29) is 18.7 Å². The average Bonchev–Trinajstić information content (AvgIpc) is 2.90. The zero-order chi connectivity index (χ0) is 19.6. The standard InChI is InChI=1S/C19H15Cl2NO4S/c20-12-5-7-13(8-6-12)22-17(23)10-15(18(22)24)27-16(19(25)26)9-11-3-1-2-4-14(11)21/h1-8,15-16H,9-10H2,(H,25,26)/t15-,16-/m0/s1. The highest BCUT2D eigenvalue weighted by Crippen LogP contribution is 2.34. The van der Waals surface area contributed by atoms with Crippen LogP contribution in [0.2, 0.25) is 10.0 Å². The number of anilines is 1. The van der Waals surface area contributed by atoms with Crippen molar-refractivity contribution in [1.82, 2.24) is 0 Å². The number of hydrogen-bond acceptors (Lipinski definition) is 4. The fourth-order valence-corrected chi connectivity index (χ4v) is 4.42. The molecule has 0 aliphatic carbocycles. The summed E-state index contributed by atoms with van der Waals surface area (Å²) in [5, 5.41) is 8.89. The van der Waals surface area contributed by atoms with Crippen molar-refractivity contribution in [2.24, 2.45) is 0 Å². The molecular formula is C19H15Cl2NO4S. The van der Waals surface area contributed by atoms with Gasteiger partial charge in [0, 0.05) is 16.5 Å². The van der Waals surface area contributed by atoms with Crippen molar-refractivity contribution >= 4 is 58.4 Å². The maximum absolute atomic E-state index is 12.7. The molecule has 1 heterocycles. The Hall–Kier alpha value is -2.02. The van der Waals surface area contributed by atoms with Gasteiger partial charge in [0.05, 0.1) is 10.9 Å². The van der Waals surface area contributed by atoms with Gasteiger partial charge in [0.15, 0.2) is 0 Å².